The van der Waals surface area contributed by atoms with E-state index in [1.54, 1.807) is 16.2 Å². The fourth-order valence-corrected chi connectivity index (χ4v) is 4.82. The van der Waals surface area contributed by atoms with E-state index in [9.17, 15) is 9.59 Å². The van der Waals surface area contributed by atoms with E-state index in [-0.39, 0.29) is 31.3 Å². The molecule has 8 heteroatoms. The summed E-state index contributed by atoms with van der Waals surface area (Å²) in [6.07, 6.45) is 1.83. The minimum Gasteiger partial charge on any atom is -0.454 e. The van der Waals surface area contributed by atoms with Crippen LogP contribution in [-0.2, 0) is 17.9 Å². The number of amides is 3. The molecule has 1 fully saturated rings. The van der Waals surface area contributed by atoms with Crippen molar-refractivity contribution in [1.82, 2.24) is 9.80 Å². The number of nitrogens with zero attached hydrogens (tertiary/aromatic N) is 2. The average molecular weight is 492 g/mol. The lowest BCUT2D eigenvalue weighted by Gasteiger charge is -2.28. The van der Waals surface area contributed by atoms with Gasteiger partial charge in [0.2, 0.25) is 12.7 Å². The normalized spacial score (nSPS) is 14.0. The maximum atomic E-state index is 13.6. The number of hydrogen-bond donors (Lipinski definition) is 1. The minimum atomic E-state index is -0.233. The first-order valence-electron chi connectivity index (χ1n) is 11.8. The zero-order valence-electron chi connectivity index (χ0n) is 20.0. The SMILES string of the molecule is Cc1ccc(NC(=O)N(CC(=O)N(Cc2ccc3c(c2)OCO3)Cc2cccs2)C2CC2)cc1C. The van der Waals surface area contributed by atoms with Crippen LogP contribution in [0.25, 0.3) is 0 Å². The standard InChI is InChI=1S/C27H29N3O4S/c1-18-5-7-21(12-19(18)2)28-27(32)30(22-8-9-22)16-26(31)29(15-23-4-3-11-35-23)14-20-6-10-24-25(13-20)34-17-33-24/h3-7,10-13,22H,8-9,14-17H2,1-2H3,(H,28,32). The molecule has 7 nitrogen and oxygen atoms in total. The highest BCUT2D eigenvalue weighted by Gasteiger charge is 2.35. The summed E-state index contributed by atoms with van der Waals surface area (Å²) in [5.74, 6) is 1.32. The van der Waals surface area contributed by atoms with Crippen molar-refractivity contribution in [3.05, 3.63) is 75.5 Å². The number of benzene rings is 2. The molecule has 0 radical (unpaired) electrons. The molecule has 5 rings (SSSR count). The third-order valence-corrected chi connectivity index (χ3v) is 7.26. The first-order valence-corrected chi connectivity index (χ1v) is 12.7. The molecule has 2 aromatic carbocycles. The lowest BCUT2D eigenvalue weighted by Crippen LogP contribution is -2.45. The molecule has 1 saturated carbocycles. The Morgan fingerprint density at radius 1 is 1.00 bits per heavy atom. The van der Waals surface area contributed by atoms with Crippen LogP contribution in [0.1, 0.15) is 34.4 Å². The number of carbonyl (C=O) groups excluding carboxylic acids is 2. The predicted molar refractivity (Wildman–Crippen MR) is 136 cm³/mol. The van der Waals surface area contributed by atoms with E-state index in [1.165, 1.54) is 5.56 Å². The highest BCUT2D eigenvalue weighted by atomic mass is 32.1. The Labute approximate surface area is 209 Å². The van der Waals surface area contributed by atoms with Crippen molar-refractivity contribution in [3.8, 4) is 11.5 Å². The summed E-state index contributed by atoms with van der Waals surface area (Å²) in [6.45, 7) is 5.22. The number of ether oxygens (including phenoxy) is 2. The fraction of sp³-hybridized carbons (Fsp3) is 0.333. The van der Waals surface area contributed by atoms with Gasteiger partial charge in [0.15, 0.2) is 11.5 Å². The summed E-state index contributed by atoms with van der Waals surface area (Å²) >= 11 is 1.62. The van der Waals surface area contributed by atoms with Crippen LogP contribution in [0.5, 0.6) is 11.5 Å². The number of urea groups is 1. The van der Waals surface area contributed by atoms with Gasteiger partial charge in [-0.25, -0.2) is 4.79 Å². The van der Waals surface area contributed by atoms with Crippen LogP contribution in [0.15, 0.2) is 53.9 Å². The number of anilines is 1. The van der Waals surface area contributed by atoms with Gasteiger partial charge in [-0.15, -0.1) is 11.3 Å². The van der Waals surface area contributed by atoms with E-state index in [1.807, 2.05) is 72.7 Å². The molecule has 1 N–H and O–H groups in total. The molecule has 1 aliphatic heterocycles. The molecule has 0 atom stereocenters. The number of nitrogens with one attached hydrogen (secondary N) is 1. The van der Waals surface area contributed by atoms with Crippen molar-refractivity contribution in [2.24, 2.45) is 0 Å². The van der Waals surface area contributed by atoms with Gasteiger partial charge in [0.1, 0.15) is 6.54 Å². The molecular formula is C27H29N3O4S. The maximum absolute atomic E-state index is 13.6. The Morgan fingerprint density at radius 3 is 2.57 bits per heavy atom. The van der Waals surface area contributed by atoms with Crippen molar-refractivity contribution in [1.29, 1.82) is 0 Å². The van der Waals surface area contributed by atoms with E-state index in [4.69, 9.17) is 9.47 Å². The molecule has 0 spiro atoms. The Bertz CT molecular complexity index is 1220. The van der Waals surface area contributed by atoms with Crippen LogP contribution in [-0.4, -0.2) is 41.1 Å². The van der Waals surface area contributed by atoms with Gasteiger partial charge >= 0.3 is 6.03 Å². The molecule has 0 bridgehead atoms. The third kappa shape index (κ3) is 5.59. The van der Waals surface area contributed by atoms with Crippen LogP contribution in [0.3, 0.4) is 0 Å². The lowest BCUT2D eigenvalue weighted by atomic mass is 10.1. The summed E-state index contributed by atoms with van der Waals surface area (Å²) in [4.78, 5) is 31.3. The molecular weight excluding hydrogens is 462 g/mol. The number of aryl methyl sites for hydroxylation is 2. The fourth-order valence-electron chi connectivity index (χ4n) is 4.10. The van der Waals surface area contributed by atoms with Crippen molar-refractivity contribution >= 4 is 29.0 Å². The maximum Gasteiger partial charge on any atom is 0.322 e. The monoisotopic (exact) mass is 491 g/mol. The Morgan fingerprint density at radius 2 is 1.83 bits per heavy atom. The van der Waals surface area contributed by atoms with Gasteiger partial charge in [-0.1, -0.05) is 18.2 Å². The third-order valence-electron chi connectivity index (χ3n) is 6.40. The van der Waals surface area contributed by atoms with E-state index in [0.717, 1.165) is 34.5 Å². The lowest BCUT2D eigenvalue weighted by molar-refractivity contribution is -0.133. The Balaban J connectivity index is 1.31. The number of fused-ring (bicyclic) bond motifs is 1. The predicted octanol–water partition coefficient (Wildman–Crippen LogP) is 5.32. The molecule has 35 heavy (non-hydrogen) atoms. The quantitative estimate of drug-likeness (QED) is 0.463. The molecule has 0 unspecified atom stereocenters. The second kappa shape index (κ2) is 10.00. The van der Waals surface area contributed by atoms with Gasteiger partial charge in [0, 0.05) is 23.2 Å². The zero-order valence-corrected chi connectivity index (χ0v) is 20.8. The summed E-state index contributed by atoms with van der Waals surface area (Å²) in [7, 11) is 0. The zero-order chi connectivity index (χ0) is 24.4. The summed E-state index contributed by atoms with van der Waals surface area (Å²) in [6, 6.07) is 15.5. The number of hydrogen-bond acceptors (Lipinski definition) is 5. The number of carbonyl (C=O) groups is 2. The van der Waals surface area contributed by atoms with E-state index < -0.39 is 0 Å². The summed E-state index contributed by atoms with van der Waals surface area (Å²) < 4.78 is 10.9. The number of rotatable bonds is 8. The van der Waals surface area contributed by atoms with Crippen LogP contribution >= 0.6 is 11.3 Å². The van der Waals surface area contributed by atoms with E-state index in [0.29, 0.717) is 24.6 Å². The smallest absolute Gasteiger partial charge is 0.322 e. The van der Waals surface area contributed by atoms with E-state index in [2.05, 4.69) is 5.32 Å². The van der Waals surface area contributed by atoms with Crippen molar-refractivity contribution in [2.75, 3.05) is 18.7 Å². The molecule has 3 amide bonds. The van der Waals surface area contributed by atoms with Gasteiger partial charge in [-0.3, -0.25) is 4.79 Å². The second-order valence-corrected chi connectivity index (χ2v) is 10.1. The highest BCUT2D eigenvalue weighted by Crippen LogP contribution is 2.33. The molecule has 2 aliphatic rings. The van der Waals surface area contributed by atoms with Crippen LogP contribution in [0.4, 0.5) is 10.5 Å². The highest BCUT2D eigenvalue weighted by molar-refractivity contribution is 7.09. The molecule has 1 aliphatic carbocycles. The summed E-state index contributed by atoms with van der Waals surface area (Å²) in [5.41, 5.74) is 3.98. The molecule has 1 aromatic heterocycles. The molecule has 3 aromatic rings. The van der Waals surface area contributed by atoms with Crippen LogP contribution < -0.4 is 14.8 Å². The molecule has 0 saturated heterocycles. The topological polar surface area (TPSA) is 71.1 Å². The van der Waals surface area contributed by atoms with Gasteiger partial charge in [0.05, 0.1) is 6.54 Å². The van der Waals surface area contributed by atoms with E-state index >= 15 is 0 Å². The van der Waals surface area contributed by atoms with Gasteiger partial charge < -0.3 is 24.6 Å². The summed E-state index contributed by atoms with van der Waals surface area (Å²) in [5, 5.41) is 4.99. The second-order valence-electron chi connectivity index (χ2n) is 9.11. The van der Waals surface area contributed by atoms with Gasteiger partial charge in [-0.05, 0) is 79.1 Å². The first kappa shape index (κ1) is 23.2. The largest absolute Gasteiger partial charge is 0.454 e. The average Bonchev–Trinajstić information content (AvgIpc) is 3.34. The first-order chi connectivity index (χ1) is 17.0. The van der Waals surface area contributed by atoms with Crippen molar-refractivity contribution in [3.63, 3.8) is 0 Å². The van der Waals surface area contributed by atoms with Crippen molar-refractivity contribution < 1.29 is 19.1 Å². The van der Waals surface area contributed by atoms with Gasteiger partial charge in [-0.2, -0.15) is 0 Å². The number of thiophene rings is 1. The van der Waals surface area contributed by atoms with Crippen LogP contribution in [0, 0.1) is 13.8 Å². The van der Waals surface area contributed by atoms with Crippen LogP contribution in [0.2, 0.25) is 0 Å². The molecule has 182 valence electrons. The Kier molecular flexibility index (Phi) is 6.63. The van der Waals surface area contributed by atoms with Gasteiger partial charge in [0.25, 0.3) is 0 Å². The van der Waals surface area contributed by atoms with Crippen molar-refractivity contribution in [2.45, 2.75) is 45.8 Å². The molecule has 2 heterocycles. The minimum absolute atomic E-state index is 0.0390. The Hall–Kier alpha value is -3.52.